The average Bonchev–Trinajstić information content (AvgIpc) is 3.30. The molecule has 2 heterocycles. The van der Waals surface area contributed by atoms with E-state index in [1.807, 2.05) is 48.5 Å². The first-order valence-electron chi connectivity index (χ1n) is 9.01. The van der Waals surface area contributed by atoms with Crippen molar-refractivity contribution in [3.8, 4) is 11.3 Å². The van der Waals surface area contributed by atoms with Crippen molar-refractivity contribution in [2.75, 3.05) is 5.32 Å². The normalized spacial score (nSPS) is 17.7. The number of carbonyl (C=O) groups is 1. The van der Waals surface area contributed by atoms with Crippen LogP contribution in [0.2, 0.25) is 0 Å². The Bertz CT molecular complexity index is 1010. The van der Waals surface area contributed by atoms with E-state index < -0.39 is 0 Å². The van der Waals surface area contributed by atoms with E-state index in [1.54, 1.807) is 6.08 Å². The number of thioether (sulfide) groups is 1. The summed E-state index contributed by atoms with van der Waals surface area (Å²) in [5.74, 6) is 1.36. The average molecular weight is 502 g/mol. The summed E-state index contributed by atoms with van der Waals surface area (Å²) in [6.07, 6.45) is 2.80. The number of amides is 1. The topological polar surface area (TPSA) is 54.3 Å². The highest BCUT2D eigenvalue weighted by molar-refractivity contribution is 14.1. The predicted octanol–water partition coefficient (Wildman–Crippen LogP) is 5.71. The molecule has 0 unspecified atom stereocenters. The molecule has 2 aromatic carbocycles. The standard InChI is InChI=1S/C22H19IN2O2S/c1-2-14-3-9-17(10-4-14)24-22-25-21(26)20(28-22)13-18-11-12-19(27-18)15-5-7-16(23)8-6-15/h3-13,22,24H,2H2,1H3,(H,25,26)/b20-13-/t22-/m0/s1. The lowest BCUT2D eigenvalue weighted by atomic mass is 10.1. The van der Waals surface area contributed by atoms with E-state index in [0.717, 1.165) is 23.4 Å². The second kappa shape index (κ2) is 8.45. The highest BCUT2D eigenvalue weighted by Gasteiger charge is 2.27. The maximum atomic E-state index is 12.3. The van der Waals surface area contributed by atoms with Crippen LogP contribution in [0.5, 0.6) is 0 Å². The zero-order valence-electron chi connectivity index (χ0n) is 15.2. The van der Waals surface area contributed by atoms with Gasteiger partial charge in [0.1, 0.15) is 11.5 Å². The molecule has 2 N–H and O–H groups in total. The van der Waals surface area contributed by atoms with Gasteiger partial charge in [0.25, 0.3) is 5.91 Å². The summed E-state index contributed by atoms with van der Waals surface area (Å²) in [5, 5.41) is 6.28. The number of nitrogens with one attached hydrogen (secondary N) is 2. The van der Waals surface area contributed by atoms with E-state index in [1.165, 1.54) is 20.9 Å². The van der Waals surface area contributed by atoms with Crippen molar-refractivity contribution in [3.05, 3.63) is 80.5 Å². The van der Waals surface area contributed by atoms with Crippen LogP contribution in [0.25, 0.3) is 17.4 Å². The maximum absolute atomic E-state index is 12.3. The van der Waals surface area contributed by atoms with Crippen LogP contribution in [0.1, 0.15) is 18.2 Å². The Labute approximate surface area is 181 Å². The summed E-state index contributed by atoms with van der Waals surface area (Å²) in [6, 6.07) is 20.2. The molecule has 28 heavy (non-hydrogen) atoms. The Hall–Kier alpha value is -2.19. The predicted molar refractivity (Wildman–Crippen MR) is 124 cm³/mol. The van der Waals surface area contributed by atoms with Crippen molar-refractivity contribution in [3.63, 3.8) is 0 Å². The fourth-order valence-corrected chi connectivity index (χ4v) is 4.21. The van der Waals surface area contributed by atoms with E-state index in [-0.39, 0.29) is 11.4 Å². The molecule has 1 aliphatic rings. The highest BCUT2D eigenvalue weighted by atomic mass is 127. The summed E-state index contributed by atoms with van der Waals surface area (Å²) < 4.78 is 7.08. The molecule has 3 aromatic rings. The van der Waals surface area contributed by atoms with Crippen molar-refractivity contribution >= 4 is 52.0 Å². The van der Waals surface area contributed by atoms with E-state index in [4.69, 9.17) is 4.42 Å². The maximum Gasteiger partial charge on any atom is 0.260 e. The first-order chi connectivity index (χ1) is 13.6. The molecule has 1 aromatic heterocycles. The van der Waals surface area contributed by atoms with E-state index >= 15 is 0 Å². The molecule has 0 spiro atoms. The minimum atomic E-state index is -0.197. The van der Waals surface area contributed by atoms with Crippen LogP contribution in [0.3, 0.4) is 0 Å². The second-order valence-electron chi connectivity index (χ2n) is 6.38. The summed E-state index contributed by atoms with van der Waals surface area (Å²) >= 11 is 3.73. The Balaban J connectivity index is 1.45. The zero-order valence-corrected chi connectivity index (χ0v) is 18.2. The fraction of sp³-hybridized carbons (Fsp3) is 0.136. The monoisotopic (exact) mass is 502 g/mol. The molecule has 142 valence electrons. The minimum absolute atomic E-state index is 0.0973. The van der Waals surface area contributed by atoms with Crippen LogP contribution in [-0.2, 0) is 11.2 Å². The third-order valence-corrected chi connectivity index (χ3v) is 6.17. The number of halogens is 1. The van der Waals surface area contributed by atoms with Crippen LogP contribution in [0.15, 0.2) is 70.0 Å². The quantitative estimate of drug-likeness (QED) is 0.347. The number of hydrogen-bond acceptors (Lipinski definition) is 4. The van der Waals surface area contributed by atoms with Gasteiger partial charge in [-0.05, 0) is 71.0 Å². The highest BCUT2D eigenvalue weighted by Crippen LogP contribution is 2.31. The third kappa shape index (κ3) is 4.44. The van der Waals surface area contributed by atoms with Crippen LogP contribution in [0.4, 0.5) is 5.69 Å². The Morgan fingerprint density at radius 3 is 2.57 bits per heavy atom. The van der Waals surface area contributed by atoms with Crippen LogP contribution >= 0.6 is 34.4 Å². The van der Waals surface area contributed by atoms with Gasteiger partial charge in [-0.3, -0.25) is 4.79 Å². The van der Waals surface area contributed by atoms with Gasteiger partial charge < -0.3 is 15.1 Å². The van der Waals surface area contributed by atoms with Crippen molar-refractivity contribution in [2.24, 2.45) is 0 Å². The van der Waals surface area contributed by atoms with Crippen molar-refractivity contribution in [2.45, 2.75) is 18.8 Å². The van der Waals surface area contributed by atoms with Crippen LogP contribution < -0.4 is 10.6 Å². The Morgan fingerprint density at radius 2 is 1.86 bits per heavy atom. The van der Waals surface area contributed by atoms with E-state index in [0.29, 0.717) is 10.7 Å². The summed E-state index contributed by atoms with van der Waals surface area (Å²) in [6.45, 7) is 2.13. The molecule has 4 rings (SSSR count). The lowest BCUT2D eigenvalue weighted by Gasteiger charge is -2.12. The fourth-order valence-electron chi connectivity index (χ4n) is 2.88. The summed E-state index contributed by atoms with van der Waals surface area (Å²) in [4.78, 5) is 12.9. The SMILES string of the molecule is CCc1ccc(N[C@H]2NC(=O)/C(=C/c3ccc(-c4ccc(I)cc4)o3)S2)cc1. The first kappa shape index (κ1) is 19.1. The van der Waals surface area contributed by atoms with Gasteiger partial charge in [0.2, 0.25) is 0 Å². The number of benzene rings is 2. The molecule has 0 aliphatic carbocycles. The van der Waals surface area contributed by atoms with Gasteiger partial charge in [-0.1, -0.05) is 43.0 Å². The van der Waals surface area contributed by atoms with Gasteiger partial charge in [0, 0.05) is 20.9 Å². The molecule has 0 radical (unpaired) electrons. The van der Waals surface area contributed by atoms with Gasteiger partial charge in [0.15, 0.2) is 5.50 Å². The second-order valence-corrected chi connectivity index (χ2v) is 8.78. The molecule has 6 heteroatoms. The van der Waals surface area contributed by atoms with Gasteiger partial charge in [-0.2, -0.15) is 0 Å². The largest absolute Gasteiger partial charge is 0.457 e. The van der Waals surface area contributed by atoms with Gasteiger partial charge in [-0.25, -0.2) is 0 Å². The molecule has 1 amide bonds. The lowest BCUT2D eigenvalue weighted by Crippen LogP contribution is -2.30. The number of furan rings is 1. The molecule has 0 bridgehead atoms. The third-order valence-electron chi connectivity index (χ3n) is 4.42. The van der Waals surface area contributed by atoms with Crippen molar-refractivity contribution in [1.29, 1.82) is 0 Å². The molecule has 1 aliphatic heterocycles. The number of rotatable bonds is 5. The minimum Gasteiger partial charge on any atom is -0.457 e. The summed E-state index contributed by atoms with van der Waals surface area (Å²) in [7, 11) is 0. The van der Waals surface area contributed by atoms with Crippen molar-refractivity contribution in [1.82, 2.24) is 5.32 Å². The number of carbonyl (C=O) groups excluding carboxylic acids is 1. The molecule has 1 atom stereocenters. The van der Waals surface area contributed by atoms with Crippen molar-refractivity contribution < 1.29 is 9.21 Å². The first-order valence-corrected chi connectivity index (χ1v) is 11.0. The molecule has 1 fully saturated rings. The molecular weight excluding hydrogens is 483 g/mol. The molecule has 4 nitrogen and oxygen atoms in total. The van der Waals surface area contributed by atoms with Crippen LogP contribution in [0, 0.1) is 3.57 Å². The molecule has 1 saturated heterocycles. The Morgan fingerprint density at radius 1 is 1.11 bits per heavy atom. The lowest BCUT2D eigenvalue weighted by molar-refractivity contribution is -0.116. The van der Waals surface area contributed by atoms with E-state index in [9.17, 15) is 4.79 Å². The molecule has 0 saturated carbocycles. The van der Waals surface area contributed by atoms with Gasteiger partial charge in [-0.15, -0.1) is 0 Å². The van der Waals surface area contributed by atoms with Crippen LogP contribution in [-0.4, -0.2) is 11.4 Å². The smallest absolute Gasteiger partial charge is 0.260 e. The van der Waals surface area contributed by atoms with Gasteiger partial charge >= 0.3 is 0 Å². The summed E-state index contributed by atoms with van der Waals surface area (Å²) in [5.41, 5.74) is 3.09. The number of hydrogen-bond donors (Lipinski definition) is 2. The number of aryl methyl sites for hydroxylation is 1. The zero-order chi connectivity index (χ0) is 19.5. The Kier molecular flexibility index (Phi) is 5.77. The number of anilines is 1. The van der Waals surface area contributed by atoms with E-state index in [2.05, 4.69) is 52.3 Å². The van der Waals surface area contributed by atoms with Gasteiger partial charge in [0.05, 0.1) is 4.91 Å². The molecular formula is C22H19IN2O2S.